The van der Waals surface area contributed by atoms with Gasteiger partial charge in [0.15, 0.2) is 0 Å². The average Bonchev–Trinajstić information content (AvgIpc) is 2.52. The summed E-state index contributed by atoms with van der Waals surface area (Å²) in [4.78, 5) is 0. The molecule has 3 nitrogen and oxygen atoms in total. The number of nitrogens with zero attached hydrogens (tertiary/aromatic N) is 1. The summed E-state index contributed by atoms with van der Waals surface area (Å²) in [5.41, 5.74) is 1.51. The van der Waals surface area contributed by atoms with Crippen LogP contribution in [0.5, 0.6) is 5.75 Å². The van der Waals surface area contributed by atoms with Gasteiger partial charge in [0.25, 0.3) is 0 Å². The Bertz CT molecular complexity index is 664. The zero-order chi connectivity index (χ0) is 15.2. The molecule has 0 aromatic heterocycles. The highest BCUT2D eigenvalue weighted by molar-refractivity contribution is 5.59. The van der Waals surface area contributed by atoms with Crippen molar-refractivity contribution in [3.8, 4) is 11.8 Å². The lowest BCUT2D eigenvalue weighted by atomic mass is 10.0. The summed E-state index contributed by atoms with van der Waals surface area (Å²) >= 11 is 0. The summed E-state index contributed by atoms with van der Waals surface area (Å²) in [6.07, 6.45) is 0.780. The molecule has 0 spiro atoms. The fraction of sp³-hybridized carbons (Fsp3) is 0.235. The molecule has 21 heavy (non-hydrogen) atoms. The van der Waals surface area contributed by atoms with Crippen LogP contribution >= 0.6 is 0 Å². The van der Waals surface area contributed by atoms with Crippen LogP contribution in [0.1, 0.15) is 30.5 Å². The third-order valence-electron chi connectivity index (χ3n) is 3.38. The molecule has 2 aromatic rings. The Hall–Kier alpha value is -2.54. The fourth-order valence-corrected chi connectivity index (χ4v) is 2.30. The summed E-state index contributed by atoms with van der Waals surface area (Å²) in [5, 5.41) is 12.3. The number of hydrogen-bond donors (Lipinski definition) is 1. The van der Waals surface area contributed by atoms with Crippen LogP contribution in [-0.2, 0) is 0 Å². The molecule has 1 N–H and O–H groups in total. The maximum Gasteiger partial charge on any atom is 0.143 e. The van der Waals surface area contributed by atoms with Crippen LogP contribution in [-0.4, -0.2) is 7.11 Å². The maximum atomic E-state index is 13.7. The number of ether oxygens (including phenoxy) is 1. The Morgan fingerprint density at radius 2 is 2.00 bits per heavy atom. The highest BCUT2D eigenvalue weighted by atomic mass is 19.1. The van der Waals surface area contributed by atoms with Crippen LogP contribution in [0, 0.1) is 17.1 Å². The molecule has 108 valence electrons. The largest absolute Gasteiger partial charge is 0.496 e. The normalized spacial score (nSPS) is 11.5. The van der Waals surface area contributed by atoms with Crippen molar-refractivity contribution in [2.24, 2.45) is 0 Å². The van der Waals surface area contributed by atoms with Crippen LogP contribution in [0.3, 0.4) is 0 Å². The van der Waals surface area contributed by atoms with Crippen LogP contribution in [0.25, 0.3) is 0 Å². The van der Waals surface area contributed by atoms with Crippen molar-refractivity contribution in [2.45, 2.75) is 19.4 Å². The molecule has 2 aromatic carbocycles. The van der Waals surface area contributed by atoms with Crippen molar-refractivity contribution < 1.29 is 9.13 Å². The third-order valence-corrected chi connectivity index (χ3v) is 3.38. The second-order valence-corrected chi connectivity index (χ2v) is 4.62. The van der Waals surface area contributed by atoms with Crippen molar-refractivity contribution in [3.63, 3.8) is 0 Å². The molecule has 0 radical (unpaired) electrons. The van der Waals surface area contributed by atoms with Crippen LogP contribution in [0.15, 0.2) is 42.5 Å². The monoisotopic (exact) mass is 284 g/mol. The second-order valence-electron chi connectivity index (χ2n) is 4.62. The molecule has 1 unspecified atom stereocenters. The number of nitriles is 1. The highest BCUT2D eigenvalue weighted by Gasteiger charge is 2.16. The molecule has 0 fully saturated rings. The van der Waals surface area contributed by atoms with E-state index >= 15 is 0 Å². The van der Waals surface area contributed by atoms with E-state index in [4.69, 9.17) is 10.00 Å². The van der Waals surface area contributed by atoms with Gasteiger partial charge in [-0.3, -0.25) is 0 Å². The molecule has 0 bridgehead atoms. The predicted octanol–water partition coefficient (Wildman–Crippen LogP) is 4.27. The first-order valence-corrected chi connectivity index (χ1v) is 6.79. The van der Waals surface area contributed by atoms with Gasteiger partial charge in [0.1, 0.15) is 23.2 Å². The Kier molecular flexibility index (Phi) is 4.78. The molecule has 0 aliphatic heterocycles. The van der Waals surface area contributed by atoms with E-state index in [9.17, 15) is 4.39 Å². The number of benzene rings is 2. The van der Waals surface area contributed by atoms with E-state index in [1.165, 1.54) is 6.07 Å². The van der Waals surface area contributed by atoms with E-state index in [0.717, 1.165) is 17.7 Å². The van der Waals surface area contributed by atoms with Crippen LogP contribution in [0.2, 0.25) is 0 Å². The minimum absolute atomic E-state index is 0.0332. The van der Waals surface area contributed by atoms with Crippen molar-refractivity contribution in [2.75, 3.05) is 12.4 Å². The molecular formula is C17H17FN2O. The lowest BCUT2D eigenvalue weighted by Crippen LogP contribution is -2.12. The maximum absolute atomic E-state index is 13.7. The third kappa shape index (κ3) is 3.14. The van der Waals surface area contributed by atoms with Gasteiger partial charge in [0.2, 0.25) is 0 Å². The van der Waals surface area contributed by atoms with Gasteiger partial charge in [-0.05, 0) is 24.6 Å². The minimum Gasteiger partial charge on any atom is -0.496 e. The van der Waals surface area contributed by atoms with Crippen molar-refractivity contribution in [1.29, 1.82) is 5.26 Å². The van der Waals surface area contributed by atoms with Crippen molar-refractivity contribution in [1.82, 2.24) is 0 Å². The molecular weight excluding hydrogens is 267 g/mol. The van der Waals surface area contributed by atoms with Crippen molar-refractivity contribution >= 4 is 5.69 Å². The van der Waals surface area contributed by atoms with Crippen molar-refractivity contribution in [3.05, 3.63) is 59.4 Å². The minimum atomic E-state index is -0.516. The summed E-state index contributed by atoms with van der Waals surface area (Å²) < 4.78 is 19.0. The Morgan fingerprint density at radius 1 is 1.24 bits per heavy atom. The van der Waals surface area contributed by atoms with Gasteiger partial charge in [-0.1, -0.05) is 31.2 Å². The Morgan fingerprint density at radius 3 is 2.67 bits per heavy atom. The standard InChI is InChI=1S/C17H17FN2O/c1-3-15(12-7-4-5-10-17(12)21-2)20-16-9-6-8-14(18)13(16)11-19/h4-10,15,20H,3H2,1-2H3. The fourth-order valence-electron chi connectivity index (χ4n) is 2.30. The molecule has 0 amide bonds. The second kappa shape index (κ2) is 6.76. The number of para-hydroxylation sites is 1. The van der Waals surface area contributed by atoms with E-state index in [1.807, 2.05) is 37.3 Å². The summed E-state index contributed by atoms with van der Waals surface area (Å²) in [6, 6.07) is 14.1. The van der Waals surface area contributed by atoms with E-state index in [1.54, 1.807) is 19.2 Å². The quantitative estimate of drug-likeness (QED) is 0.891. The molecule has 0 saturated heterocycles. The molecule has 0 aliphatic rings. The molecule has 0 heterocycles. The van der Waals surface area contributed by atoms with E-state index < -0.39 is 5.82 Å². The first-order valence-electron chi connectivity index (χ1n) is 6.79. The predicted molar refractivity (Wildman–Crippen MR) is 80.8 cm³/mol. The Balaban J connectivity index is 2.37. The SMILES string of the molecule is CCC(Nc1cccc(F)c1C#N)c1ccccc1OC. The molecule has 0 saturated carbocycles. The first kappa shape index (κ1) is 14.9. The van der Waals surface area contributed by atoms with Gasteiger partial charge in [0, 0.05) is 5.56 Å². The van der Waals surface area contributed by atoms with Gasteiger partial charge in [-0.15, -0.1) is 0 Å². The van der Waals surface area contributed by atoms with Gasteiger partial charge >= 0.3 is 0 Å². The number of hydrogen-bond acceptors (Lipinski definition) is 3. The zero-order valence-corrected chi connectivity index (χ0v) is 12.1. The molecule has 2 rings (SSSR count). The van der Waals surface area contributed by atoms with Gasteiger partial charge < -0.3 is 10.1 Å². The molecule has 1 atom stereocenters. The van der Waals surface area contributed by atoms with Crippen LogP contribution < -0.4 is 10.1 Å². The van der Waals surface area contributed by atoms with Gasteiger partial charge in [-0.25, -0.2) is 4.39 Å². The summed E-state index contributed by atoms with van der Waals surface area (Å²) in [6.45, 7) is 2.02. The summed E-state index contributed by atoms with van der Waals surface area (Å²) in [5.74, 6) is 0.254. The first-order chi connectivity index (χ1) is 10.2. The van der Waals surface area contributed by atoms with Gasteiger partial charge in [0.05, 0.1) is 18.8 Å². The highest BCUT2D eigenvalue weighted by Crippen LogP contribution is 2.31. The smallest absolute Gasteiger partial charge is 0.143 e. The number of methoxy groups -OCH3 is 1. The lowest BCUT2D eigenvalue weighted by molar-refractivity contribution is 0.406. The number of nitrogens with one attached hydrogen (secondary N) is 1. The number of anilines is 1. The van der Waals surface area contributed by atoms with E-state index in [-0.39, 0.29) is 11.6 Å². The Labute approximate surface area is 124 Å². The van der Waals surface area contributed by atoms with E-state index in [2.05, 4.69) is 5.32 Å². The van der Waals surface area contributed by atoms with E-state index in [0.29, 0.717) is 5.69 Å². The average molecular weight is 284 g/mol. The zero-order valence-electron chi connectivity index (χ0n) is 12.1. The number of rotatable bonds is 5. The number of halogens is 1. The topological polar surface area (TPSA) is 45.0 Å². The molecule has 4 heteroatoms. The summed E-state index contributed by atoms with van der Waals surface area (Å²) in [7, 11) is 1.62. The lowest BCUT2D eigenvalue weighted by Gasteiger charge is -2.21. The van der Waals surface area contributed by atoms with Crippen LogP contribution in [0.4, 0.5) is 10.1 Å². The molecule has 0 aliphatic carbocycles. The van der Waals surface area contributed by atoms with Gasteiger partial charge in [-0.2, -0.15) is 5.26 Å².